The Labute approximate surface area is 165 Å². The van der Waals surface area contributed by atoms with Gasteiger partial charge in [-0.25, -0.2) is 4.98 Å². The lowest BCUT2D eigenvalue weighted by Gasteiger charge is -2.11. The number of aliphatic imine (C=N–C) groups is 1. The number of aromatic nitrogens is 2. The maximum Gasteiger partial charge on any atom is 0.191 e. The minimum Gasteiger partial charge on any atom is -0.361 e. The Hall–Kier alpha value is -2.53. The summed E-state index contributed by atoms with van der Waals surface area (Å²) in [6, 6.07) is 10.3. The highest BCUT2D eigenvalue weighted by Gasteiger charge is 2.04. The summed E-state index contributed by atoms with van der Waals surface area (Å²) < 4.78 is 0. The normalized spacial score (nSPS) is 11.7. The van der Waals surface area contributed by atoms with Gasteiger partial charge in [-0.1, -0.05) is 29.8 Å². The molecule has 0 atom stereocenters. The van der Waals surface area contributed by atoms with Gasteiger partial charge in [-0.15, -0.1) is 0 Å². The number of guanidine groups is 1. The summed E-state index contributed by atoms with van der Waals surface area (Å²) in [5, 5.41) is 8.48. The molecule has 5 nitrogen and oxygen atoms in total. The quantitative estimate of drug-likeness (QED) is 0.329. The number of nitrogens with zero attached hydrogens (tertiary/aromatic N) is 2. The predicted molar refractivity (Wildman–Crippen MR) is 114 cm³/mol. The van der Waals surface area contributed by atoms with Crippen molar-refractivity contribution in [2.24, 2.45) is 4.99 Å². The summed E-state index contributed by atoms with van der Waals surface area (Å²) in [6.07, 6.45) is 5.68. The number of hydrogen-bond acceptors (Lipinski definition) is 2. The van der Waals surface area contributed by atoms with Gasteiger partial charge in [0.25, 0.3) is 0 Å². The van der Waals surface area contributed by atoms with Crippen LogP contribution in [0.25, 0.3) is 10.9 Å². The van der Waals surface area contributed by atoms with Gasteiger partial charge in [-0.3, -0.25) is 4.99 Å². The number of nitrogens with one attached hydrogen (secondary N) is 3. The van der Waals surface area contributed by atoms with Gasteiger partial charge in [-0.05, 0) is 55.5 Å². The van der Waals surface area contributed by atoms with Gasteiger partial charge in [0.15, 0.2) is 5.96 Å². The van der Waals surface area contributed by atoms with E-state index < -0.39 is 0 Å². The van der Waals surface area contributed by atoms with Gasteiger partial charge in [0.05, 0.1) is 0 Å². The zero-order valence-corrected chi connectivity index (χ0v) is 16.6. The van der Waals surface area contributed by atoms with E-state index in [1.807, 2.05) is 18.3 Å². The van der Waals surface area contributed by atoms with Crippen molar-refractivity contribution in [2.45, 2.75) is 26.7 Å². The zero-order valence-electron chi connectivity index (χ0n) is 15.8. The number of hydrogen-bond donors (Lipinski definition) is 3. The number of aromatic amines is 1. The summed E-state index contributed by atoms with van der Waals surface area (Å²) in [5.74, 6) is 0.843. The molecule has 0 amide bonds. The van der Waals surface area contributed by atoms with Crippen LogP contribution in [0, 0.1) is 6.92 Å². The molecule has 0 aliphatic rings. The monoisotopic (exact) mass is 383 g/mol. The molecule has 2 heterocycles. The van der Waals surface area contributed by atoms with Crippen LogP contribution in [0.15, 0.2) is 47.7 Å². The first kappa shape index (κ1) is 19.2. The van der Waals surface area contributed by atoms with Crippen LogP contribution in [0.2, 0.25) is 5.15 Å². The topological polar surface area (TPSA) is 65.1 Å². The SMILES string of the molecule is CCNC(=NCCc1c[nH]c2cc(C)ccc12)NCCc1ccc(Cl)nc1. The number of H-pyrrole nitrogens is 1. The Bertz CT molecular complexity index is 899. The van der Waals surface area contributed by atoms with Crippen molar-refractivity contribution < 1.29 is 0 Å². The van der Waals surface area contributed by atoms with Crippen molar-refractivity contribution in [3.8, 4) is 0 Å². The molecule has 2 aromatic heterocycles. The Balaban J connectivity index is 1.54. The molecule has 0 saturated carbocycles. The first-order valence-electron chi connectivity index (χ1n) is 9.35. The van der Waals surface area contributed by atoms with Crippen LogP contribution in [0.4, 0.5) is 0 Å². The third kappa shape index (κ3) is 5.47. The molecule has 3 aromatic rings. The predicted octanol–water partition coefficient (Wildman–Crippen LogP) is 3.87. The van der Waals surface area contributed by atoms with Crippen LogP contribution < -0.4 is 10.6 Å². The molecule has 3 N–H and O–H groups in total. The van der Waals surface area contributed by atoms with E-state index in [9.17, 15) is 0 Å². The van der Waals surface area contributed by atoms with E-state index in [2.05, 4.69) is 58.8 Å². The maximum absolute atomic E-state index is 5.82. The van der Waals surface area contributed by atoms with Crippen LogP contribution in [0.5, 0.6) is 0 Å². The second-order valence-corrected chi connectivity index (χ2v) is 6.93. The molecule has 0 spiro atoms. The molecular formula is C21H26ClN5. The third-order valence-corrected chi connectivity index (χ3v) is 4.64. The van der Waals surface area contributed by atoms with Gasteiger partial charge in [0, 0.05) is 42.9 Å². The van der Waals surface area contributed by atoms with Gasteiger partial charge in [-0.2, -0.15) is 0 Å². The zero-order chi connectivity index (χ0) is 19.1. The summed E-state index contributed by atoms with van der Waals surface area (Å²) >= 11 is 5.82. The first-order chi connectivity index (χ1) is 13.2. The van der Waals surface area contributed by atoms with Crippen molar-refractivity contribution in [2.75, 3.05) is 19.6 Å². The molecule has 0 fully saturated rings. The van der Waals surface area contributed by atoms with Crippen molar-refractivity contribution in [3.05, 3.63) is 64.6 Å². The number of benzene rings is 1. The fraction of sp³-hybridized carbons (Fsp3) is 0.333. The van der Waals surface area contributed by atoms with Crippen molar-refractivity contribution >= 4 is 28.5 Å². The highest BCUT2D eigenvalue weighted by atomic mass is 35.5. The van der Waals surface area contributed by atoms with E-state index in [0.717, 1.165) is 44.0 Å². The average Bonchev–Trinajstić information content (AvgIpc) is 3.05. The van der Waals surface area contributed by atoms with Gasteiger partial charge >= 0.3 is 0 Å². The van der Waals surface area contributed by atoms with E-state index in [0.29, 0.717) is 5.15 Å². The fourth-order valence-electron chi connectivity index (χ4n) is 3.02. The second kappa shape index (κ2) is 9.42. The average molecular weight is 384 g/mol. The van der Waals surface area contributed by atoms with Crippen molar-refractivity contribution in [1.29, 1.82) is 0 Å². The molecule has 6 heteroatoms. The Kier molecular flexibility index (Phi) is 6.71. The van der Waals surface area contributed by atoms with Gasteiger partial charge in [0.2, 0.25) is 0 Å². The number of rotatable bonds is 7. The first-order valence-corrected chi connectivity index (χ1v) is 9.72. The van der Waals surface area contributed by atoms with Crippen LogP contribution in [-0.2, 0) is 12.8 Å². The molecule has 27 heavy (non-hydrogen) atoms. The Morgan fingerprint density at radius 2 is 2.07 bits per heavy atom. The standard InChI is InChI=1S/C21H26ClN5/c1-3-23-21(24-10-8-16-5-7-20(22)27-13-16)25-11-9-17-14-26-19-12-15(2)4-6-18(17)19/h4-7,12-14,26H,3,8-11H2,1-2H3,(H2,23,24,25). The molecule has 0 saturated heterocycles. The van der Waals surface area contributed by atoms with E-state index in [-0.39, 0.29) is 0 Å². The second-order valence-electron chi connectivity index (χ2n) is 6.54. The maximum atomic E-state index is 5.82. The number of halogens is 1. The Morgan fingerprint density at radius 1 is 1.19 bits per heavy atom. The van der Waals surface area contributed by atoms with Crippen LogP contribution in [0.3, 0.4) is 0 Å². The molecule has 0 unspecified atom stereocenters. The lowest BCUT2D eigenvalue weighted by atomic mass is 10.1. The molecule has 3 rings (SSSR count). The number of pyridine rings is 1. The molecule has 0 bridgehead atoms. The fourth-order valence-corrected chi connectivity index (χ4v) is 3.13. The largest absolute Gasteiger partial charge is 0.361 e. The van der Waals surface area contributed by atoms with Crippen molar-refractivity contribution in [1.82, 2.24) is 20.6 Å². The highest BCUT2D eigenvalue weighted by molar-refractivity contribution is 6.29. The number of aryl methyl sites for hydroxylation is 1. The molecular weight excluding hydrogens is 358 g/mol. The minimum atomic E-state index is 0.522. The molecule has 0 aliphatic heterocycles. The smallest absolute Gasteiger partial charge is 0.191 e. The lowest BCUT2D eigenvalue weighted by Crippen LogP contribution is -2.38. The molecule has 0 aliphatic carbocycles. The van der Waals surface area contributed by atoms with Gasteiger partial charge < -0.3 is 15.6 Å². The minimum absolute atomic E-state index is 0.522. The van der Waals surface area contributed by atoms with E-state index >= 15 is 0 Å². The summed E-state index contributed by atoms with van der Waals surface area (Å²) in [6.45, 7) is 6.54. The Morgan fingerprint density at radius 3 is 2.85 bits per heavy atom. The van der Waals surface area contributed by atoms with Crippen LogP contribution in [-0.4, -0.2) is 35.6 Å². The molecule has 142 valence electrons. The van der Waals surface area contributed by atoms with Crippen molar-refractivity contribution in [3.63, 3.8) is 0 Å². The van der Waals surface area contributed by atoms with Crippen LogP contribution in [0.1, 0.15) is 23.6 Å². The van der Waals surface area contributed by atoms with E-state index in [1.165, 1.54) is 22.0 Å². The number of fused-ring (bicyclic) bond motifs is 1. The lowest BCUT2D eigenvalue weighted by molar-refractivity contribution is 0.795. The van der Waals surface area contributed by atoms with E-state index in [4.69, 9.17) is 16.6 Å². The highest BCUT2D eigenvalue weighted by Crippen LogP contribution is 2.19. The third-order valence-electron chi connectivity index (χ3n) is 4.41. The summed E-state index contributed by atoms with van der Waals surface area (Å²) in [5.41, 5.74) is 4.91. The van der Waals surface area contributed by atoms with Crippen LogP contribution >= 0.6 is 11.6 Å². The van der Waals surface area contributed by atoms with E-state index in [1.54, 1.807) is 0 Å². The summed E-state index contributed by atoms with van der Waals surface area (Å²) in [4.78, 5) is 12.2. The van der Waals surface area contributed by atoms with Gasteiger partial charge in [0.1, 0.15) is 5.15 Å². The molecule has 1 aromatic carbocycles. The molecule has 0 radical (unpaired) electrons. The summed E-state index contributed by atoms with van der Waals surface area (Å²) in [7, 11) is 0.